The molecule has 10 heteroatoms. The van der Waals surface area contributed by atoms with E-state index in [1.54, 1.807) is 12.4 Å². The molecule has 3 aromatic heterocycles. The number of carbonyl (C=O) groups excluding carboxylic acids is 1. The second kappa shape index (κ2) is 7.41. The molecule has 29 heavy (non-hydrogen) atoms. The van der Waals surface area contributed by atoms with Crippen molar-refractivity contribution in [1.82, 2.24) is 29.8 Å². The molecule has 1 amide bonds. The highest BCUT2D eigenvalue weighted by Crippen LogP contribution is 2.31. The Bertz CT molecular complexity index is 1060. The van der Waals surface area contributed by atoms with Crippen LogP contribution in [0.25, 0.3) is 11.2 Å². The van der Waals surface area contributed by atoms with E-state index in [4.69, 9.17) is 0 Å². The first-order valence-electron chi connectivity index (χ1n) is 9.34. The summed E-state index contributed by atoms with van der Waals surface area (Å²) in [5.41, 5.74) is 0.755. The SMILES string of the molecule is Cc1cc(C(F)(F)F)nc(CNC(=O)c2cnc3c(c2)ncn3C2CCCC2)n1. The van der Waals surface area contributed by atoms with E-state index in [0.717, 1.165) is 24.6 Å². The molecular weight excluding hydrogens is 385 g/mol. The number of pyridine rings is 1. The Balaban J connectivity index is 1.49. The summed E-state index contributed by atoms with van der Waals surface area (Å²) in [6.45, 7) is 1.22. The molecule has 0 aliphatic heterocycles. The van der Waals surface area contributed by atoms with E-state index in [2.05, 4.69) is 25.3 Å². The number of hydrogen-bond acceptors (Lipinski definition) is 5. The van der Waals surface area contributed by atoms with Gasteiger partial charge in [-0.05, 0) is 31.9 Å². The first-order valence-corrected chi connectivity index (χ1v) is 9.34. The predicted molar refractivity (Wildman–Crippen MR) is 98.0 cm³/mol. The lowest BCUT2D eigenvalue weighted by molar-refractivity contribution is -0.141. The molecule has 1 aliphatic rings. The molecule has 0 atom stereocenters. The van der Waals surface area contributed by atoms with Gasteiger partial charge in [0.1, 0.15) is 17.0 Å². The van der Waals surface area contributed by atoms with Gasteiger partial charge in [-0.15, -0.1) is 0 Å². The summed E-state index contributed by atoms with van der Waals surface area (Å²) in [4.78, 5) is 28.6. The molecule has 0 saturated heterocycles. The van der Waals surface area contributed by atoms with Crippen LogP contribution >= 0.6 is 0 Å². The Kier molecular flexibility index (Phi) is 4.93. The maximum Gasteiger partial charge on any atom is 0.433 e. The molecule has 1 N–H and O–H groups in total. The number of fused-ring (bicyclic) bond motifs is 1. The molecule has 0 unspecified atom stereocenters. The Morgan fingerprint density at radius 2 is 1.97 bits per heavy atom. The maximum atomic E-state index is 12.9. The Morgan fingerprint density at radius 1 is 1.21 bits per heavy atom. The molecule has 0 radical (unpaired) electrons. The van der Waals surface area contributed by atoms with Gasteiger partial charge in [-0.2, -0.15) is 13.2 Å². The molecule has 1 saturated carbocycles. The number of imidazole rings is 1. The number of nitrogens with one attached hydrogen (secondary N) is 1. The first-order chi connectivity index (χ1) is 13.8. The van der Waals surface area contributed by atoms with Crippen LogP contribution in [0.15, 0.2) is 24.7 Å². The maximum absolute atomic E-state index is 12.9. The first kappa shape index (κ1) is 19.3. The molecule has 3 heterocycles. The van der Waals surface area contributed by atoms with E-state index in [0.29, 0.717) is 11.6 Å². The summed E-state index contributed by atoms with van der Waals surface area (Å²) < 4.78 is 40.7. The zero-order valence-electron chi connectivity index (χ0n) is 15.7. The van der Waals surface area contributed by atoms with Crippen molar-refractivity contribution in [3.05, 3.63) is 47.4 Å². The summed E-state index contributed by atoms with van der Waals surface area (Å²) in [6.07, 6.45) is 3.17. The highest BCUT2D eigenvalue weighted by atomic mass is 19.4. The third-order valence-electron chi connectivity index (χ3n) is 4.99. The Labute approximate surface area is 164 Å². The number of alkyl halides is 3. The van der Waals surface area contributed by atoms with Crippen molar-refractivity contribution < 1.29 is 18.0 Å². The average Bonchev–Trinajstić information content (AvgIpc) is 3.33. The zero-order valence-corrected chi connectivity index (χ0v) is 15.7. The quantitative estimate of drug-likeness (QED) is 0.718. The van der Waals surface area contributed by atoms with Crippen molar-refractivity contribution in [3.63, 3.8) is 0 Å². The van der Waals surface area contributed by atoms with Gasteiger partial charge in [0.15, 0.2) is 5.65 Å². The highest BCUT2D eigenvalue weighted by Gasteiger charge is 2.33. The van der Waals surface area contributed by atoms with Crippen molar-refractivity contribution in [1.29, 1.82) is 0 Å². The number of amides is 1. The van der Waals surface area contributed by atoms with Crippen molar-refractivity contribution in [3.8, 4) is 0 Å². The number of nitrogens with zero attached hydrogens (tertiary/aromatic N) is 5. The monoisotopic (exact) mass is 404 g/mol. The van der Waals surface area contributed by atoms with E-state index >= 15 is 0 Å². The van der Waals surface area contributed by atoms with Gasteiger partial charge in [-0.1, -0.05) is 12.8 Å². The number of aryl methyl sites for hydroxylation is 1. The van der Waals surface area contributed by atoms with E-state index in [9.17, 15) is 18.0 Å². The molecule has 7 nitrogen and oxygen atoms in total. The van der Waals surface area contributed by atoms with Gasteiger partial charge in [-0.25, -0.2) is 19.9 Å². The summed E-state index contributed by atoms with van der Waals surface area (Å²) in [6, 6.07) is 2.87. The predicted octanol–water partition coefficient (Wildman–Crippen LogP) is 3.59. The molecule has 0 spiro atoms. The lowest BCUT2D eigenvalue weighted by Crippen LogP contribution is -2.25. The second-order valence-corrected chi connectivity index (χ2v) is 7.15. The summed E-state index contributed by atoms with van der Waals surface area (Å²) in [7, 11) is 0. The van der Waals surface area contributed by atoms with Crippen LogP contribution in [0.3, 0.4) is 0 Å². The molecular formula is C19H19F3N6O. The molecule has 4 rings (SSSR count). The summed E-state index contributed by atoms with van der Waals surface area (Å²) >= 11 is 0. The fourth-order valence-corrected chi connectivity index (χ4v) is 3.61. The number of rotatable bonds is 4. The fraction of sp³-hybridized carbons (Fsp3) is 0.421. The van der Waals surface area contributed by atoms with Crippen LogP contribution in [0, 0.1) is 6.92 Å². The average molecular weight is 404 g/mol. The Morgan fingerprint density at radius 3 is 2.69 bits per heavy atom. The van der Waals surface area contributed by atoms with Crippen molar-refractivity contribution >= 4 is 17.1 Å². The molecule has 1 fully saturated rings. The van der Waals surface area contributed by atoms with E-state index in [-0.39, 0.29) is 23.6 Å². The number of aromatic nitrogens is 5. The highest BCUT2D eigenvalue weighted by molar-refractivity contribution is 5.96. The standard InChI is InChI=1S/C19H19F3N6O/c1-11-6-15(19(20,21)22)27-16(26-11)9-24-18(29)12-7-14-17(23-8-12)28(10-25-14)13-4-2-3-5-13/h6-8,10,13H,2-5,9H2,1H3,(H,24,29). The van der Waals surface area contributed by atoms with Gasteiger partial charge in [0.25, 0.3) is 5.91 Å². The van der Waals surface area contributed by atoms with Crippen LogP contribution in [0.2, 0.25) is 0 Å². The van der Waals surface area contributed by atoms with Gasteiger partial charge in [0.05, 0.1) is 18.4 Å². The third-order valence-corrected chi connectivity index (χ3v) is 4.99. The van der Waals surface area contributed by atoms with Gasteiger partial charge in [0.2, 0.25) is 0 Å². The third kappa shape index (κ3) is 4.06. The second-order valence-electron chi connectivity index (χ2n) is 7.15. The minimum absolute atomic E-state index is 0.106. The number of carbonyl (C=O) groups is 1. The molecule has 1 aliphatic carbocycles. The van der Waals surface area contributed by atoms with Crippen LogP contribution in [0.4, 0.5) is 13.2 Å². The van der Waals surface area contributed by atoms with Gasteiger partial charge >= 0.3 is 6.18 Å². The van der Waals surface area contributed by atoms with Crippen LogP contribution < -0.4 is 5.32 Å². The lowest BCUT2D eigenvalue weighted by Gasteiger charge is -2.11. The van der Waals surface area contributed by atoms with Crippen molar-refractivity contribution in [2.75, 3.05) is 0 Å². The van der Waals surface area contributed by atoms with Crippen LogP contribution in [-0.4, -0.2) is 30.4 Å². The number of hydrogen-bond donors (Lipinski definition) is 1. The van der Waals surface area contributed by atoms with E-state index < -0.39 is 17.8 Å². The lowest BCUT2D eigenvalue weighted by atomic mass is 10.2. The van der Waals surface area contributed by atoms with Crippen LogP contribution in [0.5, 0.6) is 0 Å². The van der Waals surface area contributed by atoms with E-state index in [1.165, 1.54) is 26.0 Å². The number of halogens is 3. The van der Waals surface area contributed by atoms with Gasteiger partial charge in [0, 0.05) is 17.9 Å². The van der Waals surface area contributed by atoms with Crippen LogP contribution in [0.1, 0.15) is 59.3 Å². The molecule has 152 valence electrons. The minimum atomic E-state index is -4.57. The summed E-state index contributed by atoms with van der Waals surface area (Å²) in [5.74, 6) is -0.585. The largest absolute Gasteiger partial charge is 0.433 e. The normalized spacial score (nSPS) is 15.2. The van der Waals surface area contributed by atoms with Gasteiger partial charge < -0.3 is 9.88 Å². The van der Waals surface area contributed by atoms with E-state index in [1.807, 2.05) is 4.57 Å². The Hall–Kier alpha value is -3.04. The summed E-state index contributed by atoms with van der Waals surface area (Å²) in [5, 5.41) is 2.54. The topological polar surface area (TPSA) is 85.6 Å². The minimum Gasteiger partial charge on any atom is -0.345 e. The molecule has 3 aromatic rings. The molecule has 0 bridgehead atoms. The zero-order chi connectivity index (χ0) is 20.6. The molecule has 0 aromatic carbocycles. The van der Waals surface area contributed by atoms with Crippen molar-refractivity contribution in [2.45, 2.75) is 51.4 Å². The van der Waals surface area contributed by atoms with Gasteiger partial charge in [-0.3, -0.25) is 4.79 Å². The smallest absolute Gasteiger partial charge is 0.345 e. The fourth-order valence-electron chi connectivity index (χ4n) is 3.61. The van der Waals surface area contributed by atoms with Crippen molar-refractivity contribution in [2.24, 2.45) is 0 Å². The van der Waals surface area contributed by atoms with Crippen LogP contribution in [-0.2, 0) is 12.7 Å².